The largest absolute Gasteiger partial charge is 0.496 e. The monoisotopic (exact) mass is 406 g/mol. The molecule has 2 aromatic rings. The molecule has 9 heteroatoms. The minimum Gasteiger partial charge on any atom is -0.496 e. The van der Waals surface area contributed by atoms with Gasteiger partial charge in [0.1, 0.15) is 11.6 Å². The summed E-state index contributed by atoms with van der Waals surface area (Å²) < 4.78 is 37.6. The molecule has 8 nitrogen and oxygen atoms in total. The van der Waals surface area contributed by atoms with E-state index in [1.165, 1.54) is 4.68 Å². The van der Waals surface area contributed by atoms with E-state index in [0.717, 1.165) is 48.4 Å². The fourth-order valence-corrected chi connectivity index (χ4v) is 5.94. The zero-order valence-electron chi connectivity index (χ0n) is 16.3. The van der Waals surface area contributed by atoms with E-state index < -0.39 is 10.0 Å². The van der Waals surface area contributed by atoms with Crippen molar-refractivity contribution in [2.45, 2.75) is 62.4 Å². The number of aromatic nitrogens is 3. The molecule has 1 unspecified atom stereocenters. The molecule has 1 atom stereocenters. The minimum atomic E-state index is -3.65. The van der Waals surface area contributed by atoms with Gasteiger partial charge in [0.2, 0.25) is 10.0 Å². The number of nitrogens with one attached hydrogen (secondary N) is 1. The Morgan fingerprint density at radius 2 is 1.89 bits per heavy atom. The zero-order valence-corrected chi connectivity index (χ0v) is 17.1. The van der Waals surface area contributed by atoms with Crippen LogP contribution in [0.1, 0.15) is 42.6 Å². The Morgan fingerprint density at radius 1 is 1.14 bits per heavy atom. The molecule has 1 aromatic carbocycles. The van der Waals surface area contributed by atoms with Crippen LogP contribution in [0.3, 0.4) is 0 Å². The molecule has 0 radical (unpaired) electrons. The van der Waals surface area contributed by atoms with E-state index >= 15 is 0 Å². The predicted octanol–water partition coefficient (Wildman–Crippen LogP) is 1.15. The maximum Gasteiger partial charge on any atom is 0.345 e. The third-order valence-electron chi connectivity index (χ3n) is 5.78. The van der Waals surface area contributed by atoms with E-state index in [1.807, 2.05) is 0 Å². The molecule has 0 fully saturated rings. The standard InChI is InChI=1S/C19H26N4O4S/c1-22-19(24)23-12-11-13(7-10-18(23)20-22)21-28(25,26)17-9-8-16(27-2)14-5-3-4-6-15(14)17/h8-9,13,21H,3-7,10-12H2,1-2H3. The molecule has 1 aliphatic carbocycles. The summed E-state index contributed by atoms with van der Waals surface area (Å²) in [6.45, 7) is 0.468. The first-order valence-corrected chi connectivity index (χ1v) is 11.2. The fourth-order valence-electron chi connectivity index (χ4n) is 4.34. The van der Waals surface area contributed by atoms with Gasteiger partial charge in [0.25, 0.3) is 0 Å². The van der Waals surface area contributed by atoms with Crippen molar-refractivity contribution in [3.05, 3.63) is 39.6 Å². The van der Waals surface area contributed by atoms with Crippen molar-refractivity contribution in [1.82, 2.24) is 19.1 Å². The lowest BCUT2D eigenvalue weighted by Crippen LogP contribution is -2.36. The summed E-state index contributed by atoms with van der Waals surface area (Å²) in [4.78, 5) is 12.5. The maximum atomic E-state index is 13.2. The molecule has 28 heavy (non-hydrogen) atoms. The van der Waals surface area contributed by atoms with Crippen LogP contribution in [0.25, 0.3) is 0 Å². The Morgan fingerprint density at radius 3 is 2.64 bits per heavy atom. The molecule has 1 N–H and O–H groups in total. The smallest absolute Gasteiger partial charge is 0.345 e. The van der Waals surface area contributed by atoms with Crippen molar-refractivity contribution < 1.29 is 13.2 Å². The first-order chi connectivity index (χ1) is 13.4. The second-order valence-electron chi connectivity index (χ2n) is 7.55. The average Bonchev–Trinajstić information content (AvgIpc) is 2.83. The second kappa shape index (κ2) is 7.36. The molecule has 0 saturated heterocycles. The first-order valence-electron chi connectivity index (χ1n) is 9.74. The summed E-state index contributed by atoms with van der Waals surface area (Å²) in [5.41, 5.74) is 1.75. The van der Waals surface area contributed by atoms with Gasteiger partial charge < -0.3 is 4.74 Å². The molecule has 0 spiro atoms. The van der Waals surface area contributed by atoms with Crippen LogP contribution in [0, 0.1) is 0 Å². The van der Waals surface area contributed by atoms with Crippen molar-refractivity contribution >= 4 is 10.0 Å². The molecule has 0 amide bonds. The lowest BCUT2D eigenvalue weighted by atomic mass is 9.91. The van der Waals surface area contributed by atoms with Crippen molar-refractivity contribution in [3.63, 3.8) is 0 Å². The lowest BCUT2D eigenvalue weighted by molar-refractivity contribution is 0.405. The van der Waals surface area contributed by atoms with Gasteiger partial charge in [-0.05, 0) is 61.8 Å². The van der Waals surface area contributed by atoms with Gasteiger partial charge in [-0.1, -0.05) is 0 Å². The van der Waals surface area contributed by atoms with Gasteiger partial charge in [0, 0.05) is 26.1 Å². The number of methoxy groups -OCH3 is 1. The molecular formula is C19H26N4O4S. The zero-order chi connectivity index (χ0) is 19.9. The number of ether oxygens (including phenoxy) is 1. The Kier molecular flexibility index (Phi) is 5.05. The van der Waals surface area contributed by atoms with Gasteiger partial charge in [0.05, 0.1) is 12.0 Å². The van der Waals surface area contributed by atoms with Crippen LogP contribution in [-0.4, -0.2) is 35.9 Å². The van der Waals surface area contributed by atoms with Crippen LogP contribution in [0.15, 0.2) is 21.8 Å². The highest BCUT2D eigenvalue weighted by Gasteiger charge is 2.28. The van der Waals surface area contributed by atoms with Crippen LogP contribution in [0.2, 0.25) is 0 Å². The van der Waals surface area contributed by atoms with E-state index in [9.17, 15) is 13.2 Å². The van der Waals surface area contributed by atoms with Crippen molar-refractivity contribution in [1.29, 1.82) is 0 Å². The molecular weight excluding hydrogens is 380 g/mol. The first kappa shape index (κ1) is 19.2. The van der Waals surface area contributed by atoms with Crippen molar-refractivity contribution in [2.24, 2.45) is 7.05 Å². The summed E-state index contributed by atoms with van der Waals surface area (Å²) in [7, 11) is -0.393. The van der Waals surface area contributed by atoms with Gasteiger partial charge in [-0.15, -0.1) is 0 Å². The number of sulfonamides is 1. The molecule has 4 rings (SSSR count). The molecule has 0 bridgehead atoms. The third kappa shape index (κ3) is 3.37. The van der Waals surface area contributed by atoms with E-state index in [-0.39, 0.29) is 11.7 Å². The van der Waals surface area contributed by atoms with E-state index in [1.54, 1.807) is 30.9 Å². The summed E-state index contributed by atoms with van der Waals surface area (Å²) in [6, 6.07) is 3.19. The highest BCUT2D eigenvalue weighted by atomic mass is 32.2. The van der Waals surface area contributed by atoms with E-state index in [0.29, 0.717) is 30.7 Å². The maximum absolute atomic E-state index is 13.2. The van der Waals surface area contributed by atoms with Crippen LogP contribution in [0.5, 0.6) is 5.75 Å². The molecule has 2 aliphatic rings. The van der Waals surface area contributed by atoms with Gasteiger partial charge in [-0.25, -0.2) is 22.6 Å². The number of aryl methyl sites for hydroxylation is 2. The quantitative estimate of drug-likeness (QED) is 0.822. The Bertz CT molecular complexity index is 1050. The predicted molar refractivity (Wildman–Crippen MR) is 104 cm³/mol. The summed E-state index contributed by atoms with van der Waals surface area (Å²) in [5, 5.41) is 4.25. The fraction of sp³-hybridized carbons (Fsp3) is 0.579. The molecule has 1 aromatic heterocycles. The molecule has 2 heterocycles. The number of hydrogen-bond acceptors (Lipinski definition) is 5. The number of nitrogens with zero attached hydrogens (tertiary/aromatic N) is 3. The van der Waals surface area contributed by atoms with Gasteiger partial charge in [-0.2, -0.15) is 5.10 Å². The molecule has 0 saturated carbocycles. The topological polar surface area (TPSA) is 95.2 Å². The van der Waals surface area contributed by atoms with E-state index in [2.05, 4.69) is 9.82 Å². The molecule has 1 aliphatic heterocycles. The Labute approximate surface area is 164 Å². The molecule has 152 valence electrons. The lowest BCUT2D eigenvalue weighted by Gasteiger charge is -2.23. The summed E-state index contributed by atoms with van der Waals surface area (Å²) in [6.07, 6.45) is 5.38. The highest BCUT2D eigenvalue weighted by molar-refractivity contribution is 7.89. The highest BCUT2D eigenvalue weighted by Crippen LogP contribution is 2.34. The van der Waals surface area contributed by atoms with Crippen molar-refractivity contribution in [2.75, 3.05) is 7.11 Å². The van der Waals surface area contributed by atoms with Gasteiger partial charge in [-0.3, -0.25) is 4.57 Å². The number of hydrogen-bond donors (Lipinski definition) is 1. The van der Waals surface area contributed by atoms with Crippen molar-refractivity contribution in [3.8, 4) is 5.75 Å². The normalized spacial score (nSPS) is 19.6. The number of fused-ring (bicyclic) bond motifs is 2. The van der Waals surface area contributed by atoms with Crippen LogP contribution < -0.4 is 15.1 Å². The summed E-state index contributed by atoms with van der Waals surface area (Å²) in [5.74, 6) is 1.49. The van der Waals surface area contributed by atoms with Crippen LogP contribution >= 0.6 is 0 Å². The SMILES string of the molecule is COc1ccc(S(=O)(=O)NC2CCc3nn(C)c(=O)n3CC2)c2c1CCCC2. The average molecular weight is 407 g/mol. The number of benzene rings is 1. The van der Waals surface area contributed by atoms with Crippen LogP contribution in [0.4, 0.5) is 0 Å². The second-order valence-corrected chi connectivity index (χ2v) is 9.23. The van der Waals surface area contributed by atoms with Gasteiger partial charge in [0.15, 0.2) is 0 Å². The summed E-state index contributed by atoms with van der Waals surface area (Å²) >= 11 is 0. The Hall–Kier alpha value is -2.13. The van der Waals surface area contributed by atoms with E-state index in [4.69, 9.17) is 4.74 Å². The third-order valence-corrected chi connectivity index (χ3v) is 7.39. The van der Waals surface area contributed by atoms with Gasteiger partial charge >= 0.3 is 5.69 Å². The minimum absolute atomic E-state index is 0.150. The number of rotatable bonds is 4. The van der Waals surface area contributed by atoms with Crippen LogP contribution in [-0.2, 0) is 42.9 Å². The Balaban J connectivity index is 1.58.